The van der Waals surface area contributed by atoms with Gasteiger partial charge in [-0.15, -0.1) is 0 Å². The molecule has 7 heteroatoms. The first-order valence-corrected chi connectivity index (χ1v) is 11.3. The Kier molecular flexibility index (Phi) is 9.32. The number of nitrogens with zero attached hydrogens (tertiary/aromatic N) is 4. The van der Waals surface area contributed by atoms with E-state index in [1.165, 1.54) is 5.56 Å². The zero-order valence-corrected chi connectivity index (χ0v) is 19.7. The van der Waals surface area contributed by atoms with Gasteiger partial charge >= 0.3 is 0 Å². The number of benzene rings is 1. The van der Waals surface area contributed by atoms with Gasteiger partial charge in [-0.3, -0.25) is 4.79 Å². The molecule has 0 unspecified atom stereocenters. The van der Waals surface area contributed by atoms with E-state index < -0.39 is 0 Å². The molecule has 2 heterocycles. The van der Waals surface area contributed by atoms with Crippen LogP contribution in [0.4, 0.5) is 5.82 Å². The van der Waals surface area contributed by atoms with Gasteiger partial charge in [-0.05, 0) is 68.3 Å². The zero-order chi connectivity index (χ0) is 24.2. The quantitative estimate of drug-likeness (QED) is 0.551. The number of pyridine rings is 1. The summed E-state index contributed by atoms with van der Waals surface area (Å²) in [5.41, 5.74) is 4.85. The Labute approximate surface area is 200 Å². The molecule has 0 saturated heterocycles. The number of aryl methyl sites for hydroxylation is 1. The second-order valence-corrected chi connectivity index (χ2v) is 8.00. The minimum absolute atomic E-state index is 0.0455. The van der Waals surface area contributed by atoms with E-state index in [-0.39, 0.29) is 5.91 Å². The molecule has 0 fully saturated rings. The van der Waals surface area contributed by atoms with E-state index in [9.17, 15) is 4.79 Å². The lowest BCUT2D eigenvalue weighted by molar-refractivity contribution is -0.115. The van der Waals surface area contributed by atoms with E-state index >= 15 is 0 Å². The SMILES string of the molecule is CNCCc1ccc(C#N)cc1.Cn1cnc(-c2ccc(NC(=O)CC3=CCCC=C3)nc2)c1. The van der Waals surface area contributed by atoms with E-state index in [4.69, 9.17) is 5.26 Å². The Bertz CT molecular complexity index is 1170. The third kappa shape index (κ3) is 7.84. The van der Waals surface area contributed by atoms with E-state index in [1.54, 1.807) is 18.6 Å². The first-order valence-electron chi connectivity index (χ1n) is 11.3. The molecule has 0 aliphatic heterocycles. The second kappa shape index (κ2) is 12.9. The highest BCUT2D eigenvalue weighted by Gasteiger charge is 2.08. The van der Waals surface area contributed by atoms with Crippen molar-refractivity contribution in [2.45, 2.75) is 25.7 Å². The number of hydrogen-bond acceptors (Lipinski definition) is 5. The highest BCUT2D eigenvalue weighted by Crippen LogP contribution is 2.18. The number of allylic oxidation sites excluding steroid dienone is 3. The smallest absolute Gasteiger partial charge is 0.229 e. The molecule has 1 aliphatic rings. The molecule has 1 amide bonds. The minimum Gasteiger partial charge on any atom is -0.340 e. The molecule has 0 radical (unpaired) electrons. The van der Waals surface area contributed by atoms with Crippen molar-refractivity contribution in [2.24, 2.45) is 7.05 Å². The molecule has 7 nitrogen and oxygen atoms in total. The summed E-state index contributed by atoms with van der Waals surface area (Å²) in [7, 11) is 3.86. The number of nitriles is 1. The fourth-order valence-electron chi connectivity index (χ4n) is 3.37. The van der Waals surface area contributed by atoms with Crippen LogP contribution in [0.25, 0.3) is 11.3 Å². The van der Waals surface area contributed by atoms with Gasteiger partial charge in [0.05, 0.1) is 30.1 Å². The number of hydrogen-bond donors (Lipinski definition) is 2. The van der Waals surface area contributed by atoms with Crippen molar-refractivity contribution < 1.29 is 4.79 Å². The fourth-order valence-corrected chi connectivity index (χ4v) is 3.37. The largest absolute Gasteiger partial charge is 0.340 e. The van der Waals surface area contributed by atoms with Crippen LogP contribution in [0.1, 0.15) is 30.4 Å². The molecule has 0 spiro atoms. The van der Waals surface area contributed by atoms with E-state index in [1.807, 2.05) is 61.3 Å². The molecule has 0 bridgehead atoms. The Balaban J connectivity index is 0.000000229. The van der Waals surface area contributed by atoms with Gasteiger partial charge in [0.15, 0.2) is 0 Å². The van der Waals surface area contributed by atoms with Crippen LogP contribution in [0.15, 0.2) is 78.9 Å². The van der Waals surface area contributed by atoms with Crippen LogP contribution in [0.3, 0.4) is 0 Å². The molecular formula is C27H30N6O. The number of rotatable bonds is 7. The molecule has 2 N–H and O–H groups in total. The van der Waals surface area contributed by atoms with Crippen LogP contribution in [0.2, 0.25) is 0 Å². The maximum absolute atomic E-state index is 12.0. The summed E-state index contributed by atoms with van der Waals surface area (Å²) in [4.78, 5) is 20.6. The van der Waals surface area contributed by atoms with E-state index in [0.717, 1.165) is 48.2 Å². The summed E-state index contributed by atoms with van der Waals surface area (Å²) in [6.07, 6.45) is 15.1. The molecule has 34 heavy (non-hydrogen) atoms. The van der Waals surface area contributed by atoms with Crippen LogP contribution >= 0.6 is 0 Å². The maximum Gasteiger partial charge on any atom is 0.229 e. The van der Waals surface area contributed by atoms with Crippen molar-refractivity contribution in [1.82, 2.24) is 19.9 Å². The predicted octanol–water partition coefficient (Wildman–Crippen LogP) is 4.41. The van der Waals surface area contributed by atoms with Gasteiger partial charge in [-0.2, -0.15) is 5.26 Å². The molecule has 0 atom stereocenters. The van der Waals surface area contributed by atoms with Crippen LogP contribution < -0.4 is 10.6 Å². The Morgan fingerprint density at radius 1 is 1.15 bits per heavy atom. The normalized spacial score (nSPS) is 12.2. The lowest BCUT2D eigenvalue weighted by Crippen LogP contribution is -2.13. The molecule has 4 rings (SSSR count). The number of carbonyl (C=O) groups is 1. The second-order valence-electron chi connectivity index (χ2n) is 8.00. The predicted molar refractivity (Wildman–Crippen MR) is 135 cm³/mol. The molecule has 3 aromatic rings. The fraction of sp³-hybridized carbons (Fsp3) is 0.259. The average Bonchev–Trinajstić information content (AvgIpc) is 3.30. The monoisotopic (exact) mass is 454 g/mol. The van der Waals surface area contributed by atoms with Gasteiger partial charge in [0, 0.05) is 25.0 Å². The first-order chi connectivity index (χ1) is 16.6. The number of carbonyl (C=O) groups excluding carboxylic acids is 1. The molecule has 174 valence electrons. The maximum atomic E-state index is 12.0. The first kappa shape index (κ1) is 24.6. The standard InChI is InChI=1S/C17H18N4O.C10H12N2/c1-21-11-15(19-12-21)14-7-8-16(18-10-14)20-17(22)9-13-5-3-2-4-6-13;1-12-7-6-9-2-4-10(8-11)5-3-9/h3,5-8,10-12H,2,4,9H2,1H3,(H,18,20,22);2-5,12H,6-7H2,1H3. The summed E-state index contributed by atoms with van der Waals surface area (Å²) in [5, 5.41) is 14.4. The summed E-state index contributed by atoms with van der Waals surface area (Å²) < 4.78 is 1.89. The van der Waals surface area contributed by atoms with Crippen LogP contribution in [0.5, 0.6) is 0 Å². The van der Waals surface area contributed by atoms with Gasteiger partial charge in [0.2, 0.25) is 5.91 Å². The molecule has 2 aromatic heterocycles. The number of anilines is 1. The summed E-state index contributed by atoms with van der Waals surface area (Å²) in [6, 6.07) is 13.5. The summed E-state index contributed by atoms with van der Waals surface area (Å²) in [6.45, 7) is 0.978. The van der Waals surface area contributed by atoms with Gasteiger partial charge in [0.25, 0.3) is 0 Å². The summed E-state index contributed by atoms with van der Waals surface area (Å²) in [5.74, 6) is 0.515. The van der Waals surface area contributed by atoms with Crippen molar-refractivity contribution in [2.75, 3.05) is 18.9 Å². The van der Waals surface area contributed by atoms with Gasteiger partial charge in [0.1, 0.15) is 5.82 Å². The van der Waals surface area contributed by atoms with Crippen molar-refractivity contribution in [3.05, 3.63) is 90.0 Å². The van der Waals surface area contributed by atoms with Gasteiger partial charge in [-0.1, -0.05) is 30.4 Å². The number of likely N-dealkylation sites (N-methyl/N-ethyl adjacent to an activating group) is 1. The molecule has 1 aromatic carbocycles. The van der Waals surface area contributed by atoms with Gasteiger partial charge in [-0.25, -0.2) is 9.97 Å². The Hall–Kier alpha value is -4.02. The third-order valence-corrected chi connectivity index (χ3v) is 5.21. The van der Waals surface area contributed by atoms with Crippen molar-refractivity contribution in [1.29, 1.82) is 5.26 Å². The molecule has 1 aliphatic carbocycles. The molecular weight excluding hydrogens is 424 g/mol. The molecule has 0 saturated carbocycles. The third-order valence-electron chi connectivity index (χ3n) is 5.21. The summed E-state index contributed by atoms with van der Waals surface area (Å²) >= 11 is 0. The number of nitrogens with one attached hydrogen (secondary N) is 2. The van der Waals surface area contributed by atoms with Crippen molar-refractivity contribution >= 4 is 11.7 Å². The number of aromatic nitrogens is 3. The highest BCUT2D eigenvalue weighted by molar-refractivity contribution is 5.91. The lowest BCUT2D eigenvalue weighted by atomic mass is 10.0. The van der Waals surface area contributed by atoms with Crippen molar-refractivity contribution in [3.63, 3.8) is 0 Å². The van der Waals surface area contributed by atoms with Crippen LogP contribution in [-0.4, -0.2) is 34.0 Å². The van der Waals surface area contributed by atoms with Crippen LogP contribution in [-0.2, 0) is 18.3 Å². The van der Waals surface area contributed by atoms with Crippen molar-refractivity contribution in [3.8, 4) is 17.3 Å². The minimum atomic E-state index is -0.0455. The average molecular weight is 455 g/mol. The van der Waals surface area contributed by atoms with Crippen LogP contribution in [0, 0.1) is 11.3 Å². The number of amides is 1. The highest BCUT2D eigenvalue weighted by atomic mass is 16.1. The topological polar surface area (TPSA) is 95.6 Å². The number of imidazole rings is 1. The Morgan fingerprint density at radius 3 is 2.56 bits per heavy atom. The van der Waals surface area contributed by atoms with E-state index in [0.29, 0.717) is 12.2 Å². The van der Waals surface area contributed by atoms with E-state index in [2.05, 4.69) is 38.8 Å². The Morgan fingerprint density at radius 2 is 1.97 bits per heavy atom. The lowest BCUT2D eigenvalue weighted by Gasteiger charge is -2.08. The van der Waals surface area contributed by atoms with Gasteiger partial charge < -0.3 is 15.2 Å². The zero-order valence-electron chi connectivity index (χ0n) is 19.7.